The molecule has 0 bridgehead atoms. The van der Waals surface area contributed by atoms with Crippen molar-refractivity contribution < 1.29 is 32.5 Å². The maximum absolute atomic E-state index is 11.8. The van der Waals surface area contributed by atoms with E-state index in [2.05, 4.69) is 4.52 Å². The summed E-state index contributed by atoms with van der Waals surface area (Å²) in [5.74, 6) is 0. The van der Waals surface area contributed by atoms with Crippen LogP contribution in [0.2, 0.25) is 0 Å². The Labute approximate surface area is 126 Å². The zero-order valence-electron chi connectivity index (χ0n) is 12.4. The fraction of sp³-hybridized carbons (Fsp3) is 1.00. The first-order valence-electron chi connectivity index (χ1n) is 7.00. The largest absolute Gasteiger partial charge is 0.790 e. The Morgan fingerprint density at radius 2 is 1.24 bits per heavy atom. The van der Waals surface area contributed by atoms with E-state index in [0.29, 0.717) is 39.0 Å². The second kappa shape index (κ2) is 11.7. The maximum atomic E-state index is 11.8. The monoisotopic (exact) mass is 345 g/mol. The van der Waals surface area contributed by atoms with Crippen molar-refractivity contribution in [2.45, 2.75) is 38.5 Å². The third-order valence-corrected chi connectivity index (χ3v) is 4.34. The van der Waals surface area contributed by atoms with Gasteiger partial charge in [-0.25, -0.2) is 0 Å². The van der Waals surface area contributed by atoms with Gasteiger partial charge in [0.1, 0.15) is 0 Å². The molecule has 0 aromatic heterocycles. The summed E-state index contributed by atoms with van der Waals surface area (Å²) < 4.78 is 36.5. The highest BCUT2D eigenvalue weighted by molar-refractivity contribution is 7.52. The Bertz CT molecular complexity index is 347. The SMILES string of the molecule is CP(=O)(OCCCCN)OCCCCCCOP(=O)([O-])[O-]. The first-order chi connectivity index (χ1) is 9.77. The molecule has 0 rings (SSSR count). The van der Waals surface area contributed by atoms with Gasteiger partial charge in [0.05, 0.1) is 27.6 Å². The maximum Gasteiger partial charge on any atom is 0.327 e. The van der Waals surface area contributed by atoms with Crippen molar-refractivity contribution >= 4 is 15.4 Å². The number of unbranched alkanes of at least 4 members (excludes halogenated alkanes) is 4. The summed E-state index contributed by atoms with van der Waals surface area (Å²) in [6.07, 6.45) is 4.19. The predicted octanol–water partition coefficient (Wildman–Crippen LogP) is 0.987. The second-order valence-electron chi connectivity index (χ2n) is 4.63. The number of hydrogen-bond donors (Lipinski definition) is 1. The van der Waals surface area contributed by atoms with E-state index in [4.69, 9.17) is 14.8 Å². The molecule has 0 aromatic carbocycles. The van der Waals surface area contributed by atoms with Crippen molar-refractivity contribution in [2.24, 2.45) is 5.73 Å². The van der Waals surface area contributed by atoms with Crippen LogP contribution < -0.4 is 15.5 Å². The Kier molecular flexibility index (Phi) is 11.9. The highest BCUT2D eigenvalue weighted by Crippen LogP contribution is 2.44. The average Bonchev–Trinajstić information content (AvgIpc) is 2.36. The molecule has 21 heavy (non-hydrogen) atoms. The molecule has 0 aliphatic carbocycles. The van der Waals surface area contributed by atoms with E-state index in [0.717, 1.165) is 19.3 Å². The molecule has 1 atom stereocenters. The van der Waals surface area contributed by atoms with Gasteiger partial charge in [-0.3, -0.25) is 4.57 Å². The quantitative estimate of drug-likeness (QED) is 0.364. The van der Waals surface area contributed by atoms with E-state index in [9.17, 15) is 18.9 Å². The molecule has 0 aromatic rings. The van der Waals surface area contributed by atoms with Gasteiger partial charge >= 0.3 is 7.60 Å². The lowest BCUT2D eigenvalue weighted by atomic mass is 10.2. The van der Waals surface area contributed by atoms with Crippen molar-refractivity contribution in [1.82, 2.24) is 0 Å². The number of phosphoric acid groups is 1. The van der Waals surface area contributed by atoms with Crippen LogP contribution in [0.25, 0.3) is 0 Å². The molecule has 0 saturated heterocycles. The molecule has 2 N–H and O–H groups in total. The van der Waals surface area contributed by atoms with E-state index in [1.807, 2.05) is 0 Å². The van der Waals surface area contributed by atoms with Gasteiger partial charge in [0, 0.05) is 6.66 Å². The lowest BCUT2D eigenvalue weighted by Crippen LogP contribution is -2.16. The topological polar surface area (TPSA) is 134 Å². The normalized spacial score (nSPS) is 15.0. The first-order valence-corrected chi connectivity index (χ1v) is 10.4. The Morgan fingerprint density at radius 1 is 0.810 bits per heavy atom. The van der Waals surface area contributed by atoms with Crippen LogP contribution in [0.15, 0.2) is 0 Å². The molecule has 0 radical (unpaired) electrons. The molecule has 1 unspecified atom stereocenters. The van der Waals surface area contributed by atoms with Crippen LogP contribution in [0.5, 0.6) is 0 Å². The van der Waals surface area contributed by atoms with Gasteiger partial charge in [0.25, 0.3) is 0 Å². The minimum Gasteiger partial charge on any atom is -0.790 e. The molecule has 0 spiro atoms. The minimum absolute atomic E-state index is 0.0956. The fourth-order valence-electron chi connectivity index (χ4n) is 1.48. The highest BCUT2D eigenvalue weighted by atomic mass is 31.2. The Morgan fingerprint density at radius 3 is 1.67 bits per heavy atom. The van der Waals surface area contributed by atoms with Gasteiger partial charge in [-0.15, -0.1) is 0 Å². The summed E-state index contributed by atoms with van der Waals surface area (Å²) in [6, 6.07) is 0. The average molecular weight is 345 g/mol. The number of nitrogens with two attached hydrogens (primary N) is 1. The van der Waals surface area contributed by atoms with Crippen molar-refractivity contribution in [3.63, 3.8) is 0 Å². The van der Waals surface area contributed by atoms with Gasteiger partial charge in [0.15, 0.2) is 0 Å². The van der Waals surface area contributed by atoms with Gasteiger partial charge in [-0.05, 0) is 32.2 Å². The Balaban J connectivity index is 3.44. The lowest BCUT2D eigenvalue weighted by Gasteiger charge is -2.28. The minimum atomic E-state index is -4.85. The highest BCUT2D eigenvalue weighted by Gasteiger charge is 2.15. The van der Waals surface area contributed by atoms with Crippen LogP contribution >= 0.6 is 15.4 Å². The van der Waals surface area contributed by atoms with E-state index >= 15 is 0 Å². The van der Waals surface area contributed by atoms with Crippen LogP contribution in [0.3, 0.4) is 0 Å². The summed E-state index contributed by atoms with van der Waals surface area (Å²) >= 11 is 0. The van der Waals surface area contributed by atoms with Gasteiger partial charge in [-0.2, -0.15) is 0 Å². The third kappa shape index (κ3) is 16.4. The summed E-state index contributed by atoms with van der Waals surface area (Å²) in [4.78, 5) is 20.4. The van der Waals surface area contributed by atoms with Crippen LogP contribution in [0, 0.1) is 0 Å². The molecule has 0 heterocycles. The second-order valence-corrected chi connectivity index (χ2v) is 7.84. The summed E-state index contributed by atoms with van der Waals surface area (Å²) in [5, 5.41) is 0. The van der Waals surface area contributed by atoms with Gasteiger partial charge in [-0.1, -0.05) is 12.8 Å². The molecule has 0 saturated carbocycles. The van der Waals surface area contributed by atoms with Crippen molar-refractivity contribution in [3.8, 4) is 0 Å². The Hall–Kier alpha value is 0.220. The van der Waals surface area contributed by atoms with Crippen molar-refractivity contribution in [1.29, 1.82) is 0 Å². The molecule has 0 fully saturated rings. The molecule has 8 nitrogen and oxygen atoms in total. The number of phosphoric ester groups is 1. The van der Waals surface area contributed by atoms with E-state index in [1.165, 1.54) is 6.66 Å². The molecule has 0 aliphatic heterocycles. The van der Waals surface area contributed by atoms with Gasteiger partial charge in [0.2, 0.25) is 0 Å². The third-order valence-electron chi connectivity index (χ3n) is 2.54. The van der Waals surface area contributed by atoms with Crippen LogP contribution in [-0.2, 0) is 22.7 Å². The fourth-order valence-corrected chi connectivity index (χ4v) is 2.83. The van der Waals surface area contributed by atoms with E-state index < -0.39 is 15.4 Å². The molecule has 0 amide bonds. The van der Waals surface area contributed by atoms with Gasteiger partial charge < -0.3 is 33.7 Å². The zero-order chi connectivity index (χ0) is 16.2. The smallest absolute Gasteiger partial charge is 0.327 e. The zero-order valence-corrected chi connectivity index (χ0v) is 14.2. The van der Waals surface area contributed by atoms with Crippen LogP contribution in [0.4, 0.5) is 0 Å². The molecule has 0 aliphatic rings. The summed E-state index contributed by atoms with van der Waals surface area (Å²) in [5.41, 5.74) is 5.34. The lowest BCUT2D eigenvalue weighted by molar-refractivity contribution is -0.341. The molecular weight excluding hydrogens is 320 g/mol. The van der Waals surface area contributed by atoms with Crippen molar-refractivity contribution in [3.05, 3.63) is 0 Å². The molecular formula is C11H25NO7P2-2. The predicted molar refractivity (Wildman–Crippen MR) is 75.7 cm³/mol. The summed E-state index contributed by atoms with van der Waals surface area (Å²) in [7, 11) is -7.85. The molecule has 128 valence electrons. The van der Waals surface area contributed by atoms with E-state index in [1.54, 1.807) is 0 Å². The number of hydrogen-bond acceptors (Lipinski definition) is 8. The first kappa shape index (κ1) is 21.2. The number of rotatable bonds is 14. The van der Waals surface area contributed by atoms with Crippen LogP contribution in [-0.4, -0.2) is 33.0 Å². The molecule has 10 heteroatoms. The van der Waals surface area contributed by atoms with Crippen LogP contribution in [0.1, 0.15) is 38.5 Å². The standard InChI is InChI=1S/C11H27NO7P2/c1-20(13,18-10-7-4-8-12)17-9-5-2-3-6-11-19-21(14,15)16/h2-12H2,1H3,(H2,14,15,16)/p-2. The summed E-state index contributed by atoms with van der Waals surface area (Å²) in [6.45, 7) is 2.60. The van der Waals surface area contributed by atoms with E-state index in [-0.39, 0.29) is 6.61 Å². The van der Waals surface area contributed by atoms with Crippen molar-refractivity contribution in [2.75, 3.05) is 33.0 Å².